The molecule has 2 heterocycles. The van der Waals surface area contributed by atoms with Crippen molar-refractivity contribution in [1.29, 1.82) is 0 Å². The van der Waals surface area contributed by atoms with Crippen LogP contribution in [0.2, 0.25) is 0 Å². The molecule has 2 rings (SSSR count). The van der Waals surface area contributed by atoms with Crippen molar-refractivity contribution in [3.8, 4) is 0 Å². The van der Waals surface area contributed by atoms with Gasteiger partial charge in [0.2, 0.25) is 0 Å². The molecule has 0 aromatic carbocycles. The van der Waals surface area contributed by atoms with Crippen molar-refractivity contribution in [2.75, 3.05) is 18.5 Å². The number of aromatic nitrogens is 2. The molecule has 0 bridgehead atoms. The Labute approximate surface area is 131 Å². The summed E-state index contributed by atoms with van der Waals surface area (Å²) in [5.41, 5.74) is 3.55. The molecular weight excluding hydrogens is 280 g/mol. The van der Waals surface area contributed by atoms with Gasteiger partial charge in [-0.2, -0.15) is 0 Å². The minimum absolute atomic E-state index is 0.797. The van der Waals surface area contributed by atoms with E-state index in [9.17, 15) is 0 Å². The Morgan fingerprint density at radius 2 is 2.14 bits per heavy atom. The van der Waals surface area contributed by atoms with Crippen molar-refractivity contribution in [3.05, 3.63) is 39.5 Å². The van der Waals surface area contributed by atoms with E-state index in [1.807, 2.05) is 13.1 Å². The first kappa shape index (κ1) is 15.9. The third kappa shape index (κ3) is 4.51. The fourth-order valence-electron chi connectivity index (χ4n) is 2.33. The fraction of sp³-hybridized carbons (Fsp3) is 0.500. The topological polar surface area (TPSA) is 41.1 Å². The van der Waals surface area contributed by atoms with E-state index in [0.29, 0.717) is 0 Å². The van der Waals surface area contributed by atoms with Gasteiger partial charge in [-0.05, 0) is 44.0 Å². The van der Waals surface area contributed by atoms with E-state index in [0.717, 1.165) is 42.6 Å². The van der Waals surface area contributed by atoms with Gasteiger partial charge in [-0.25, -0.2) is 9.97 Å². The summed E-state index contributed by atoms with van der Waals surface area (Å²) in [4.78, 5) is 11.3. The van der Waals surface area contributed by atoms with Crippen LogP contribution in [0.25, 0.3) is 0 Å². The maximum Gasteiger partial charge on any atom is 0.131 e. The molecular formula is C16H24N4S. The molecule has 0 atom stereocenters. The summed E-state index contributed by atoms with van der Waals surface area (Å²) in [6.45, 7) is 9.06. The lowest BCUT2D eigenvalue weighted by Crippen LogP contribution is -2.20. The average Bonchev–Trinajstić information content (AvgIpc) is 2.84. The number of nitrogens with one attached hydrogen (secondary N) is 1. The largest absolute Gasteiger partial charge is 0.354 e. The van der Waals surface area contributed by atoms with E-state index < -0.39 is 0 Å². The summed E-state index contributed by atoms with van der Waals surface area (Å²) in [5.74, 6) is 1.03. The molecule has 0 unspecified atom stereocenters. The molecule has 2 aromatic heterocycles. The Morgan fingerprint density at radius 3 is 2.76 bits per heavy atom. The molecule has 5 heteroatoms. The number of aryl methyl sites for hydroxylation is 2. The second-order valence-corrected chi connectivity index (χ2v) is 6.44. The van der Waals surface area contributed by atoms with Gasteiger partial charge < -0.3 is 10.2 Å². The second kappa shape index (κ2) is 7.52. The zero-order valence-corrected chi connectivity index (χ0v) is 14.1. The number of anilines is 1. The van der Waals surface area contributed by atoms with Gasteiger partial charge in [-0.15, -0.1) is 11.3 Å². The van der Waals surface area contributed by atoms with Crippen molar-refractivity contribution in [3.63, 3.8) is 0 Å². The van der Waals surface area contributed by atoms with Crippen LogP contribution in [0.15, 0.2) is 17.6 Å². The van der Waals surface area contributed by atoms with Crippen LogP contribution in [0.1, 0.15) is 35.2 Å². The Kier molecular flexibility index (Phi) is 5.70. The van der Waals surface area contributed by atoms with E-state index in [1.54, 1.807) is 11.3 Å². The highest BCUT2D eigenvalue weighted by Gasteiger charge is 2.09. The third-order valence-corrected chi connectivity index (χ3v) is 4.11. The molecule has 0 aliphatic heterocycles. The van der Waals surface area contributed by atoms with E-state index in [-0.39, 0.29) is 0 Å². The van der Waals surface area contributed by atoms with Crippen molar-refractivity contribution in [1.82, 2.24) is 15.3 Å². The Hall–Kier alpha value is -1.46. The van der Waals surface area contributed by atoms with Gasteiger partial charge in [0.05, 0.1) is 17.2 Å². The van der Waals surface area contributed by atoms with Crippen LogP contribution < -0.4 is 10.2 Å². The van der Waals surface area contributed by atoms with Gasteiger partial charge in [-0.3, -0.25) is 0 Å². The summed E-state index contributed by atoms with van der Waals surface area (Å²) >= 11 is 1.69. The molecule has 0 amide bonds. The Morgan fingerprint density at radius 1 is 1.33 bits per heavy atom. The van der Waals surface area contributed by atoms with Gasteiger partial charge in [0.1, 0.15) is 5.82 Å². The molecule has 2 aromatic rings. The summed E-state index contributed by atoms with van der Waals surface area (Å²) in [6, 6.07) is 2.22. The van der Waals surface area contributed by atoms with Crippen LogP contribution in [-0.2, 0) is 13.1 Å². The van der Waals surface area contributed by atoms with Crippen molar-refractivity contribution >= 4 is 17.2 Å². The molecule has 0 aliphatic rings. The summed E-state index contributed by atoms with van der Waals surface area (Å²) in [7, 11) is 2.07. The Bertz CT molecular complexity index is 579. The van der Waals surface area contributed by atoms with Crippen LogP contribution in [0, 0.1) is 13.8 Å². The number of thiazole rings is 1. The molecule has 1 N–H and O–H groups in total. The quantitative estimate of drug-likeness (QED) is 0.797. The zero-order chi connectivity index (χ0) is 15.2. The first-order valence-corrected chi connectivity index (χ1v) is 8.26. The normalized spacial score (nSPS) is 10.9. The lowest BCUT2D eigenvalue weighted by atomic mass is 10.2. The average molecular weight is 304 g/mol. The van der Waals surface area contributed by atoms with E-state index >= 15 is 0 Å². The fourth-order valence-corrected chi connectivity index (χ4v) is 2.93. The van der Waals surface area contributed by atoms with Crippen molar-refractivity contribution in [2.24, 2.45) is 0 Å². The van der Waals surface area contributed by atoms with Crippen LogP contribution in [0.5, 0.6) is 0 Å². The number of nitrogens with zero attached hydrogens (tertiary/aromatic N) is 3. The molecule has 21 heavy (non-hydrogen) atoms. The first-order valence-electron chi connectivity index (χ1n) is 7.38. The lowest BCUT2D eigenvalue weighted by Gasteiger charge is -2.19. The molecule has 0 aliphatic carbocycles. The van der Waals surface area contributed by atoms with Gasteiger partial charge >= 0.3 is 0 Å². The van der Waals surface area contributed by atoms with Crippen LogP contribution >= 0.6 is 11.3 Å². The molecule has 114 valence electrons. The zero-order valence-electron chi connectivity index (χ0n) is 13.3. The van der Waals surface area contributed by atoms with Gasteiger partial charge in [-0.1, -0.05) is 6.92 Å². The van der Waals surface area contributed by atoms with Crippen LogP contribution in [0.3, 0.4) is 0 Å². The van der Waals surface area contributed by atoms with Crippen LogP contribution in [-0.4, -0.2) is 23.6 Å². The van der Waals surface area contributed by atoms with Crippen LogP contribution in [0.4, 0.5) is 5.82 Å². The van der Waals surface area contributed by atoms with E-state index in [2.05, 4.69) is 52.5 Å². The molecule has 0 fully saturated rings. The lowest BCUT2D eigenvalue weighted by molar-refractivity contribution is 0.673. The number of hydrogen-bond acceptors (Lipinski definition) is 5. The molecule has 0 saturated carbocycles. The SMILES string of the molecule is CCCNCc1cnc(N(C)Cc2csc(C)n2)c(C)c1. The van der Waals surface area contributed by atoms with E-state index in [4.69, 9.17) is 0 Å². The van der Waals surface area contributed by atoms with Gasteiger partial charge in [0, 0.05) is 25.2 Å². The standard InChI is InChI=1S/C16H24N4S/c1-5-6-17-8-14-7-12(2)16(18-9-14)20(4)10-15-11-21-13(3)19-15/h7,9,11,17H,5-6,8,10H2,1-4H3. The van der Waals surface area contributed by atoms with Gasteiger partial charge in [0.25, 0.3) is 0 Å². The number of pyridine rings is 1. The predicted octanol–water partition coefficient (Wildman–Crippen LogP) is 3.29. The maximum atomic E-state index is 4.62. The highest BCUT2D eigenvalue weighted by atomic mass is 32.1. The number of hydrogen-bond donors (Lipinski definition) is 1. The number of rotatable bonds is 7. The molecule has 4 nitrogen and oxygen atoms in total. The summed E-state index contributed by atoms with van der Waals surface area (Å²) < 4.78 is 0. The molecule has 0 radical (unpaired) electrons. The smallest absolute Gasteiger partial charge is 0.131 e. The maximum absolute atomic E-state index is 4.62. The second-order valence-electron chi connectivity index (χ2n) is 5.37. The summed E-state index contributed by atoms with van der Waals surface area (Å²) in [5, 5.41) is 6.63. The van der Waals surface area contributed by atoms with Gasteiger partial charge in [0.15, 0.2) is 0 Å². The molecule has 0 spiro atoms. The minimum atomic E-state index is 0.797. The Balaban J connectivity index is 2.02. The highest BCUT2D eigenvalue weighted by molar-refractivity contribution is 7.09. The van der Waals surface area contributed by atoms with Crippen molar-refractivity contribution in [2.45, 2.75) is 40.3 Å². The van der Waals surface area contributed by atoms with E-state index in [1.165, 1.54) is 11.1 Å². The predicted molar refractivity (Wildman–Crippen MR) is 89.9 cm³/mol. The van der Waals surface area contributed by atoms with Crippen molar-refractivity contribution < 1.29 is 0 Å². The monoisotopic (exact) mass is 304 g/mol. The first-order chi connectivity index (χ1) is 10.1. The summed E-state index contributed by atoms with van der Waals surface area (Å²) in [6.07, 6.45) is 3.12. The third-order valence-electron chi connectivity index (χ3n) is 3.29. The molecule has 0 saturated heterocycles. The minimum Gasteiger partial charge on any atom is -0.354 e. The highest BCUT2D eigenvalue weighted by Crippen LogP contribution is 2.19.